The fourth-order valence-corrected chi connectivity index (χ4v) is 6.99. The molecule has 0 N–H and O–H groups in total. The van der Waals surface area contributed by atoms with Gasteiger partial charge in [-0.25, -0.2) is 13.4 Å². The molecule has 3 aromatic rings. The van der Waals surface area contributed by atoms with E-state index >= 15 is 0 Å². The van der Waals surface area contributed by atoms with Gasteiger partial charge in [-0.05, 0) is 62.1 Å². The highest BCUT2D eigenvalue weighted by molar-refractivity contribution is 7.89. The third-order valence-electron chi connectivity index (χ3n) is 6.04. The molecule has 0 bridgehead atoms. The Morgan fingerprint density at radius 1 is 0.935 bits per heavy atom. The lowest BCUT2D eigenvalue weighted by atomic mass is 10.0. The van der Waals surface area contributed by atoms with E-state index in [0.717, 1.165) is 38.6 Å². The van der Waals surface area contributed by atoms with Gasteiger partial charge in [-0.2, -0.15) is 4.31 Å². The minimum Gasteiger partial charge on any atom is -0.345 e. The van der Waals surface area contributed by atoms with Crippen molar-refractivity contribution < 1.29 is 8.42 Å². The molecule has 1 aromatic heterocycles. The number of piperazine rings is 1. The summed E-state index contributed by atoms with van der Waals surface area (Å²) in [6.45, 7) is 9.88. The summed E-state index contributed by atoms with van der Waals surface area (Å²) in [7, 11) is -3.54. The number of rotatable bonds is 4. The molecule has 0 spiro atoms. The van der Waals surface area contributed by atoms with Crippen LogP contribution in [0.5, 0.6) is 0 Å². The van der Waals surface area contributed by atoms with E-state index in [1.807, 2.05) is 57.3 Å². The van der Waals surface area contributed by atoms with E-state index in [2.05, 4.69) is 11.0 Å². The fraction of sp³-hybridized carbons (Fsp3) is 0.348. The van der Waals surface area contributed by atoms with Gasteiger partial charge in [0.1, 0.15) is 0 Å². The third-order valence-corrected chi connectivity index (χ3v) is 9.36. The maximum absolute atomic E-state index is 13.5. The average molecular weight is 476 g/mol. The van der Waals surface area contributed by atoms with E-state index in [4.69, 9.17) is 16.6 Å². The number of halogens is 1. The minimum absolute atomic E-state index is 0.448. The first kappa shape index (κ1) is 22.3. The van der Waals surface area contributed by atoms with Gasteiger partial charge in [0.05, 0.1) is 10.6 Å². The molecule has 0 aliphatic carbocycles. The van der Waals surface area contributed by atoms with Gasteiger partial charge in [-0.1, -0.05) is 29.8 Å². The number of anilines is 1. The molecule has 0 atom stereocenters. The number of aromatic nitrogens is 1. The van der Waals surface area contributed by atoms with Crippen molar-refractivity contribution in [2.45, 2.75) is 32.6 Å². The second kappa shape index (κ2) is 8.54. The van der Waals surface area contributed by atoms with Crippen LogP contribution in [0.15, 0.2) is 40.6 Å². The third kappa shape index (κ3) is 4.24. The van der Waals surface area contributed by atoms with Crippen molar-refractivity contribution in [3.05, 3.63) is 63.0 Å². The normalized spacial score (nSPS) is 15.5. The van der Waals surface area contributed by atoms with Crippen LogP contribution in [-0.4, -0.2) is 43.9 Å². The Labute approximate surface area is 193 Å². The summed E-state index contributed by atoms with van der Waals surface area (Å²) in [5, 5.41) is 3.65. The predicted molar refractivity (Wildman–Crippen MR) is 129 cm³/mol. The van der Waals surface area contributed by atoms with Crippen molar-refractivity contribution in [3.63, 3.8) is 0 Å². The number of aryl methyl sites for hydroxylation is 2. The molecule has 31 heavy (non-hydrogen) atoms. The smallest absolute Gasteiger partial charge is 0.243 e. The van der Waals surface area contributed by atoms with Crippen LogP contribution in [0, 0.1) is 27.7 Å². The predicted octanol–water partition coefficient (Wildman–Crippen LogP) is 5.21. The van der Waals surface area contributed by atoms with Crippen molar-refractivity contribution in [1.82, 2.24) is 9.29 Å². The number of nitrogens with zero attached hydrogens (tertiary/aromatic N) is 3. The lowest BCUT2D eigenvalue weighted by Gasteiger charge is -2.34. The largest absolute Gasteiger partial charge is 0.345 e. The molecule has 8 heteroatoms. The van der Waals surface area contributed by atoms with E-state index in [1.165, 1.54) is 0 Å². The first-order valence-electron chi connectivity index (χ1n) is 10.2. The summed E-state index contributed by atoms with van der Waals surface area (Å²) in [5.74, 6) is 0. The monoisotopic (exact) mass is 475 g/mol. The van der Waals surface area contributed by atoms with Gasteiger partial charge in [-0.15, -0.1) is 11.3 Å². The van der Waals surface area contributed by atoms with Crippen LogP contribution in [-0.2, 0) is 10.0 Å². The zero-order chi connectivity index (χ0) is 22.3. The Kier molecular flexibility index (Phi) is 6.14. The van der Waals surface area contributed by atoms with Gasteiger partial charge in [0.15, 0.2) is 5.13 Å². The van der Waals surface area contributed by atoms with Gasteiger partial charge < -0.3 is 4.90 Å². The topological polar surface area (TPSA) is 53.5 Å². The summed E-state index contributed by atoms with van der Waals surface area (Å²) < 4.78 is 28.6. The molecule has 0 unspecified atom stereocenters. The van der Waals surface area contributed by atoms with Gasteiger partial charge in [0, 0.05) is 42.1 Å². The number of hydrogen-bond donors (Lipinski definition) is 0. The van der Waals surface area contributed by atoms with E-state index in [9.17, 15) is 8.42 Å². The molecule has 1 saturated heterocycles. The van der Waals surface area contributed by atoms with Crippen molar-refractivity contribution in [1.29, 1.82) is 0 Å². The molecular weight excluding hydrogens is 450 g/mol. The summed E-state index contributed by atoms with van der Waals surface area (Å²) in [6.07, 6.45) is 0. The summed E-state index contributed by atoms with van der Waals surface area (Å²) in [5.41, 5.74) is 5.65. The van der Waals surface area contributed by atoms with Crippen LogP contribution in [0.3, 0.4) is 0 Å². The van der Waals surface area contributed by atoms with Crippen molar-refractivity contribution in [2.75, 3.05) is 31.1 Å². The Morgan fingerprint density at radius 2 is 1.52 bits per heavy atom. The highest BCUT2D eigenvalue weighted by Gasteiger charge is 2.32. The van der Waals surface area contributed by atoms with Crippen LogP contribution in [0.2, 0.25) is 5.02 Å². The lowest BCUT2D eigenvalue weighted by molar-refractivity contribution is 0.384. The molecule has 2 aromatic carbocycles. The SMILES string of the molecule is Cc1cc(C)c(C)c(S(=O)(=O)N2CCN(c3nc(-c4ccc(Cl)cc4)cs3)CC2)c1C. The molecule has 5 nitrogen and oxygen atoms in total. The van der Waals surface area contributed by atoms with Crippen molar-refractivity contribution in [2.24, 2.45) is 0 Å². The van der Waals surface area contributed by atoms with Crippen molar-refractivity contribution >= 4 is 38.1 Å². The zero-order valence-corrected chi connectivity index (χ0v) is 20.5. The fourth-order valence-electron chi connectivity index (χ4n) is 3.98. The van der Waals surface area contributed by atoms with Crippen LogP contribution < -0.4 is 4.90 Å². The molecule has 2 heterocycles. The van der Waals surface area contributed by atoms with E-state index in [1.54, 1.807) is 15.6 Å². The van der Waals surface area contributed by atoms with E-state index < -0.39 is 10.0 Å². The highest BCUT2D eigenvalue weighted by Crippen LogP contribution is 2.32. The summed E-state index contributed by atoms with van der Waals surface area (Å²) in [4.78, 5) is 7.40. The van der Waals surface area contributed by atoms with Crippen LogP contribution in [0.4, 0.5) is 5.13 Å². The standard InChI is InChI=1S/C23H26ClN3O2S2/c1-15-13-16(2)18(4)22(17(15)3)31(28,29)27-11-9-26(10-12-27)23-25-21(14-30-23)19-5-7-20(24)8-6-19/h5-8,13-14H,9-12H2,1-4H3. The summed E-state index contributed by atoms with van der Waals surface area (Å²) >= 11 is 7.56. The van der Waals surface area contributed by atoms with Crippen LogP contribution in [0.25, 0.3) is 11.3 Å². The van der Waals surface area contributed by atoms with Crippen LogP contribution >= 0.6 is 22.9 Å². The molecule has 164 valence electrons. The van der Waals surface area contributed by atoms with E-state index in [0.29, 0.717) is 36.1 Å². The average Bonchev–Trinajstić information content (AvgIpc) is 3.23. The van der Waals surface area contributed by atoms with Gasteiger partial charge in [-0.3, -0.25) is 0 Å². The maximum Gasteiger partial charge on any atom is 0.243 e. The highest BCUT2D eigenvalue weighted by atomic mass is 35.5. The number of thiazole rings is 1. The molecule has 1 fully saturated rings. The van der Waals surface area contributed by atoms with Gasteiger partial charge >= 0.3 is 0 Å². The van der Waals surface area contributed by atoms with E-state index in [-0.39, 0.29) is 0 Å². The Morgan fingerprint density at radius 3 is 2.10 bits per heavy atom. The molecule has 0 radical (unpaired) electrons. The molecule has 1 aliphatic rings. The zero-order valence-electron chi connectivity index (χ0n) is 18.1. The minimum atomic E-state index is -3.54. The Bertz CT molecular complexity index is 1190. The quantitative estimate of drug-likeness (QED) is 0.519. The second-order valence-corrected chi connectivity index (χ2v) is 11.2. The first-order chi connectivity index (χ1) is 14.7. The molecule has 0 amide bonds. The second-order valence-electron chi connectivity index (χ2n) is 8.00. The Balaban J connectivity index is 1.51. The number of hydrogen-bond acceptors (Lipinski definition) is 5. The molecule has 0 saturated carbocycles. The lowest BCUT2D eigenvalue weighted by Crippen LogP contribution is -2.49. The maximum atomic E-state index is 13.5. The number of benzene rings is 2. The first-order valence-corrected chi connectivity index (χ1v) is 12.9. The summed E-state index contributed by atoms with van der Waals surface area (Å²) in [6, 6.07) is 9.69. The van der Waals surface area contributed by atoms with Crippen LogP contribution in [0.1, 0.15) is 22.3 Å². The molecular formula is C23H26ClN3O2S2. The van der Waals surface area contributed by atoms with Gasteiger partial charge in [0.2, 0.25) is 10.0 Å². The molecule has 1 aliphatic heterocycles. The van der Waals surface area contributed by atoms with Crippen molar-refractivity contribution in [3.8, 4) is 11.3 Å². The van der Waals surface area contributed by atoms with Gasteiger partial charge in [0.25, 0.3) is 0 Å². The number of sulfonamides is 1. The molecule has 4 rings (SSSR count). The Hall–Kier alpha value is -1.93.